The van der Waals surface area contributed by atoms with E-state index in [1.165, 1.54) is 28.8 Å². The summed E-state index contributed by atoms with van der Waals surface area (Å²) in [5.41, 5.74) is 7.30. The van der Waals surface area contributed by atoms with Crippen LogP contribution in [-0.4, -0.2) is 10.7 Å². The van der Waals surface area contributed by atoms with Gasteiger partial charge in [-0.15, -0.1) is 11.3 Å². The molecular formula is C29H25N3S. The van der Waals surface area contributed by atoms with E-state index in [1.807, 2.05) is 6.07 Å². The van der Waals surface area contributed by atoms with E-state index in [1.54, 1.807) is 11.3 Å². The highest BCUT2D eigenvalue weighted by molar-refractivity contribution is 7.14. The van der Waals surface area contributed by atoms with Gasteiger partial charge in [0.15, 0.2) is 0 Å². The molecule has 2 heterocycles. The Morgan fingerprint density at radius 2 is 1.55 bits per heavy atom. The molecule has 0 N–H and O–H groups in total. The first-order valence-electron chi connectivity index (χ1n) is 11.6. The molecule has 1 aliphatic heterocycles. The number of hydrazone groups is 1. The van der Waals surface area contributed by atoms with Crippen molar-refractivity contribution in [1.29, 1.82) is 0 Å². The highest BCUT2D eigenvalue weighted by Crippen LogP contribution is 2.47. The molecule has 4 heteroatoms. The molecule has 6 rings (SSSR count). The maximum absolute atomic E-state index is 5.25. The van der Waals surface area contributed by atoms with Gasteiger partial charge in [-0.3, -0.25) is 0 Å². The van der Waals surface area contributed by atoms with Crippen LogP contribution in [0.3, 0.4) is 0 Å². The molecule has 0 amide bonds. The van der Waals surface area contributed by atoms with Crippen LogP contribution < -0.4 is 5.01 Å². The Bertz CT molecular complexity index is 1290. The molecule has 1 aliphatic carbocycles. The van der Waals surface area contributed by atoms with Crippen molar-refractivity contribution < 1.29 is 0 Å². The summed E-state index contributed by atoms with van der Waals surface area (Å²) in [6.07, 6.45) is 5.74. The van der Waals surface area contributed by atoms with Crippen LogP contribution in [0.5, 0.6) is 0 Å². The van der Waals surface area contributed by atoms with E-state index in [0.29, 0.717) is 5.92 Å². The maximum atomic E-state index is 5.25. The van der Waals surface area contributed by atoms with Gasteiger partial charge in [0.1, 0.15) is 0 Å². The Balaban J connectivity index is 1.43. The first kappa shape index (κ1) is 20.1. The minimum atomic E-state index is 0.176. The summed E-state index contributed by atoms with van der Waals surface area (Å²) in [5, 5.41) is 10.6. The van der Waals surface area contributed by atoms with Gasteiger partial charge in [-0.25, -0.2) is 9.99 Å². The smallest absolute Gasteiger partial charge is 0.207 e. The number of rotatable bonds is 4. The summed E-state index contributed by atoms with van der Waals surface area (Å²) in [5.74, 6) is 0.375. The molecule has 0 bridgehead atoms. The van der Waals surface area contributed by atoms with Crippen molar-refractivity contribution in [3.05, 3.63) is 113 Å². The Morgan fingerprint density at radius 3 is 2.30 bits per heavy atom. The number of nitrogens with zero attached hydrogens (tertiary/aromatic N) is 3. The number of fused-ring (bicyclic) bond motifs is 1. The van der Waals surface area contributed by atoms with Crippen LogP contribution in [0.1, 0.15) is 36.4 Å². The third kappa shape index (κ3) is 3.91. The second kappa shape index (κ2) is 8.80. The Kier molecular flexibility index (Phi) is 5.37. The van der Waals surface area contributed by atoms with Gasteiger partial charge < -0.3 is 0 Å². The first-order chi connectivity index (χ1) is 16.4. The lowest BCUT2D eigenvalue weighted by atomic mass is 9.77. The van der Waals surface area contributed by atoms with Crippen molar-refractivity contribution in [1.82, 2.24) is 4.98 Å². The Morgan fingerprint density at radius 1 is 0.848 bits per heavy atom. The minimum absolute atomic E-state index is 0.176. The molecule has 162 valence electrons. The fourth-order valence-corrected chi connectivity index (χ4v) is 5.82. The largest absolute Gasteiger partial charge is 0.231 e. The topological polar surface area (TPSA) is 28.5 Å². The third-order valence-electron chi connectivity index (χ3n) is 6.54. The van der Waals surface area contributed by atoms with E-state index in [2.05, 4.69) is 101 Å². The van der Waals surface area contributed by atoms with Gasteiger partial charge in [-0.1, -0.05) is 91.0 Å². The number of hydrogen-bond acceptors (Lipinski definition) is 4. The van der Waals surface area contributed by atoms with Crippen LogP contribution in [0.4, 0.5) is 5.13 Å². The maximum Gasteiger partial charge on any atom is 0.207 e. The lowest BCUT2D eigenvalue weighted by Gasteiger charge is -2.29. The van der Waals surface area contributed by atoms with E-state index in [9.17, 15) is 0 Å². The van der Waals surface area contributed by atoms with Crippen molar-refractivity contribution in [2.75, 3.05) is 5.01 Å². The molecule has 0 radical (unpaired) electrons. The normalized spacial score (nSPS) is 21.2. The summed E-state index contributed by atoms with van der Waals surface area (Å²) in [7, 11) is 0. The standard InChI is InChI=1S/C29H25N3S/c1-4-11-21(12-5-1)19-24-17-10-18-25-27(24)31-32(28(25)23-15-8-3-9-16-23)29-30-26(20-33-29)22-13-6-2-7-14-22/h1-9,11-16,19-20,25,28H,10,17-18H2/b24-19+/t25-,28+/m0/s1. The van der Waals surface area contributed by atoms with E-state index in [0.717, 1.165) is 29.2 Å². The lowest BCUT2D eigenvalue weighted by Crippen LogP contribution is -2.28. The number of thiazole rings is 1. The minimum Gasteiger partial charge on any atom is -0.231 e. The first-order valence-corrected chi connectivity index (χ1v) is 12.4. The Labute approximate surface area is 198 Å². The summed E-state index contributed by atoms with van der Waals surface area (Å²) in [4.78, 5) is 5.02. The van der Waals surface area contributed by atoms with Gasteiger partial charge in [-0.2, -0.15) is 5.10 Å². The van der Waals surface area contributed by atoms with Crippen LogP contribution in [0.15, 0.2) is 107 Å². The van der Waals surface area contributed by atoms with Gasteiger partial charge >= 0.3 is 0 Å². The second-order valence-corrected chi connectivity index (χ2v) is 9.48. The molecule has 2 atom stereocenters. The van der Waals surface area contributed by atoms with Crippen molar-refractivity contribution >= 4 is 28.3 Å². The van der Waals surface area contributed by atoms with Crippen molar-refractivity contribution in [2.24, 2.45) is 11.0 Å². The average Bonchev–Trinajstić information content (AvgIpc) is 3.52. The second-order valence-electron chi connectivity index (χ2n) is 8.65. The van der Waals surface area contributed by atoms with Gasteiger partial charge in [0.05, 0.1) is 17.4 Å². The molecule has 0 unspecified atom stereocenters. The SMILES string of the molecule is C(=C1/CCC[C@H]2C1=NN(c1nc(-c3ccccc3)cs1)[C@@H]2c1ccccc1)/c1ccccc1. The van der Waals surface area contributed by atoms with E-state index in [4.69, 9.17) is 10.1 Å². The van der Waals surface area contributed by atoms with Crippen molar-refractivity contribution in [3.8, 4) is 11.3 Å². The zero-order valence-electron chi connectivity index (χ0n) is 18.3. The molecule has 0 spiro atoms. The fraction of sp³-hybridized carbons (Fsp3) is 0.172. The van der Waals surface area contributed by atoms with Crippen LogP contribution >= 0.6 is 11.3 Å². The average molecular weight is 448 g/mol. The van der Waals surface area contributed by atoms with Crippen LogP contribution in [0.2, 0.25) is 0 Å². The lowest BCUT2D eigenvalue weighted by molar-refractivity contribution is 0.487. The molecular weight excluding hydrogens is 422 g/mol. The van der Waals surface area contributed by atoms with E-state index >= 15 is 0 Å². The predicted octanol–water partition coefficient (Wildman–Crippen LogP) is 7.61. The van der Waals surface area contributed by atoms with E-state index < -0.39 is 0 Å². The molecule has 2 aliphatic rings. The summed E-state index contributed by atoms with van der Waals surface area (Å²) in [6.45, 7) is 0. The summed E-state index contributed by atoms with van der Waals surface area (Å²) in [6, 6.07) is 32.0. The van der Waals surface area contributed by atoms with Crippen molar-refractivity contribution in [3.63, 3.8) is 0 Å². The van der Waals surface area contributed by atoms with Crippen LogP contribution in [-0.2, 0) is 0 Å². The monoisotopic (exact) mass is 447 g/mol. The van der Waals surface area contributed by atoms with Gasteiger partial charge in [0, 0.05) is 16.9 Å². The van der Waals surface area contributed by atoms with Gasteiger partial charge in [-0.05, 0) is 42.0 Å². The molecule has 3 aromatic carbocycles. The molecule has 1 saturated carbocycles. The Hall–Kier alpha value is -3.50. The van der Waals surface area contributed by atoms with Crippen LogP contribution in [0.25, 0.3) is 17.3 Å². The zero-order valence-corrected chi connectivity index (χ0v) is 19.2. The van der Waals surface area contributed by atoms with Crippen LogP contribution in [0, 0.1) is 5.92 Å². The molecule has 1 aromatic heterocycles. The third-order valence-corrected chi connectivity index (χ3v) is 7.37. The molecule has 1 fully saturated rings. The fourth-order valence-electron chi connectivity index (χ4n) is 5.00. The van der Waals surface area contributed by atoms with Gasteiger partial charge in [0.2, 0.25) is 5.13 Å². The predicted molar refractivity (Wildman–Crippen MR) is 138 cm³/mol. The number of hydrogen-bond donors (Lipinski definition) is 0. The number of benzene rings is 3. The summed E-state index contributed by atoms with van der Waals surface area (Å²) >= 11 is 1.68. The van der Waals surface area contributed by atoms with Crippen molar-refractivity contribution in [2.45, 2.75) is 25.3 Å². The number of allylic oxidation sites excluding steroid dienone is 1. The molecule has 3 nitrogen and oxygen atoms in total. The molecule has 33 heavy (non-hydrogen) atoms. The van der Waals surface area contributed by atoms with Gasteiger partial charge in [0.25, 0.3) is 0 Å². The number of anilines is 1. The quantitative estimate of drug-likeness (QED) is 0.322. The number of aromatic nitrogens is 1. The van der Waals surface area contributed by atoms with E-state index in [-0.39, 0.29) is 6.04 Å². The highest BCUT2D eigenvalue weighted by Gasteiger charge is 2.42. The molecule has 4 aromatic rings. The molecule has 0 saturated heterocycles. The zero-order chi connectivity index (χ0) is 22.0. The highest BCUT2D eigenvalue weighted by atomic mass is 32.1. The summed E-state index contributed by atoms with van der Waals surface area (Å²) < 4.78 is 0.